The summed E-state index contributed by atoms with van der Waals surface area (Å²) >= 11 is 0. The van der Waals surface area contributed by atoms with Crippen LogP contribution in [0.4, 0.5) is 5.69 Å². The molecule has 3 aromatic carbocycles. The number of nitrogens with zero attached hydrogens (tertiary/aromatic N) is 2. The highest BCUT2D eigenvalue weighted by atomic mass is 32.2. The fourth-order valence-electron chi connectivity index (χ4n) is 4.49. The van der Waals surface area contributed by atoms with E-state index in [9.17, 15) is 18.0 Å². The molecule has 0 saturated carbocycles. The zero-order chi connectivity index (χ0) is 29.8. The zero-order valence-electron chi connectivity index (χ0n) is 24.8. The average Bonchev–Trinajstić information content (AvgIpc) is 2.84. The molecule has 7 nitrogen and oxygen atoms in total. The Morgan fingerprint density at radius 2 is 1.43 bits per heavy atom. The van der Waals surface area contributed by atoms with Crippen molar-refractivity contribution in [2.24, 2.45) is 0 Å². The Kier molecular flexibility index (Phi) is 9.46. The van der Waals surface area contributed by atoms with Crippen molar-refractivity contribution >= 4 is 27.5 Å². The van der Waals surface area contributed by atoms with Crippen LogP contribution in [0, 0.1) is 27.7 Å². The maximum Gasteiger partial charge on any atom is 0.264 e. The van der Waals surface area contributed by atoms with E-state index >= 15 is 0 Å². The van der Waals surface area contributed by atoms with Crippen molar-refractivity contribution in [1.82, 2.24) is 10.2 Å². The lowest BCUT2D eigenvalue weighted by atomic mass is 10.1. The maximum absolute atomic E-state index is 14.1. The minimum absolute atomic E-state index is 0.0917. The molecule has 0 spiro atoms. The number of sulfonamides is 1. The third kappa shape index (κ3) is 7.72. The molecule has 40 heavy (non-hydrogen) atoms. The first-order chi connectivity index (χ1) is 18.6. The van der Waals surface area contributed by atoms with Crippen LogP contribution in [0.3, 0.4) is 0 Å². The highest BCUT2D eigenvalue weighted by Gasteiger charge is 2.33. The molecule has 0 heterocycles. The van der Waals surface area contributed by atoms with Gasteiger partial charge in [-0.05, 0) is 102 Å². The first kappa shape index (κ1) is 30.9. The average molecular weight is 564 g/mol. The minimum Gasteiger partial charge on any atom is -0.350 e. The van der Waals surface area contributed by atoms with Crippen LogP contribution in [-0.2, 0) is 26.2 Å². The van der Waals surface area contributed by atoms with E-state index in [-0.39, 0.29) is 17.3 Å². The van der Waals surface area contributed by atoms with E-state index in [4.69, 9.17) is 0 Å². The van der Waals surface area contributed by atoms with Gasteiger partial charge >= 0.3 is 0 Å². The van der Waals surface area contributed by atoms with Crippen molar-refractivity contribution in [2.75, 3.05) is 10.8 Å². The van der Waals surface area contributed by atoms with E-state index < -0.39 is 34.1 Å². The summed E-state index contributed by atoms with van der Waals surface area (Å²) in [6, 6.07) is 18.9. The first-order valence-electron chi connectivity index (χ1n) is 13.4. The van der Waals surface area contributed by atoms with E-state index in [2.05, 4.69) is 5.32 Å². The van der Waals surface area contributed by atoms with Crippen LogP contribution in [0.1, 0.15) is 55.5 Å². The lowest BCUT2D eigenvalue weighted by Crippen LogP contribution is -2.54. The van der Waals surface area contributed by atoms with Crippen molar-refractivity contribution < 1.29 is 18.0 Å². The van der Waals surface area contributed by atoms with E-state index in [0.29, 0.717) is 5.69 Å². The summed E-state index contributed by atoms with van der Waals surface area (Å²) < 4.78 is 29.2. The molecule has 0 aliphatic carbocycles. The summed E-state index contributed by atoms with van der Waals surface area (Å²) in [5.74, 6) is -0.788. The molecule has 3 rings (SSSR count). The Bertz CT molecular complexity index is 1450. The van der Waals surface area contributed by atoms with Gasteiger partial charge in [0.25, 0.3) is 10.0 Å². The van der Waals surface area contributed by atoms with Gasteiger partial charge in [0.05, 0.1) is 10.6 Å². The lowest BCUT2D eigenvalue weighted by molar-refractivity contribution is -0.140. The molecule has 0 unspecified atom stereocenters. The predicted octanol–water partition coefficient (Wildman–Crippen LogP) is 5.45. The van der Waals surface area contributed by atoms with Gasteiger partial charge in [-0.3, -0.25) is 13.9 Å². The summed E-state index contributed by atoms with van der Waals surface area (Å²) in [6.45, 7) is 14.6. The number of rotatable bonds is 9. The van der Waals surface area contributed by atoms with Crippen LogP contribution >= 0.6 is 0 Å². The number of anilines is 1. The van der Waals surface area contributed by atoms with Crippen molar-refractivity contribution in [1.29, 1.82) is 0 Å². The van der Waals surface area contributed by atoms with Gasteiger partial charge in [-0.2, -0.15) is 0 Å². The maximum atomic E-state index is 14.1. The SMILES string of the molecule is Cc1ccc(S(=O)(=O)N(CC(=O)N(Cc2ccccc2C)[C@@H](C)C(=O)NC(C)(C)C)c2cc(C)cc(C)c2)cc1. The Balaban J connectivity index is 2.08. The lowest BCUT2D eigenvalue weighted by Gasteiger charge is -2.34. The van der Waals surface area contributed by atoms with Gasteiger partial charge in [0, 0.05) is 12.1 Å². The van der Waals surface area contributed by atoms with Gasteiger partial charge in [0.1, 0.15) is 12.6 Å². The second-order valence-electron chi connectivity index (χ2n) is 11.5. The Labute approximate surface area is 239 Å². The highest BCUT2D eigenvalue weighted by molar-refractivity contribution is 7.92. The molecular weight excluding hydrogens is 522 g/mol. The summed E-state index contributed by atoms with van der Waals surface area (Å²) in [4.78, 5) is 28.9. The number of carbonyl (C=O) groups is 2. The Hall–Kier alpha value is -3.65. The number of hydrogen-bond acceptors (Lipinski definition) is 4. The van der Waals surface area contributed by atoms with E-state index in [1.54, 1.807) is 43.3 Å². The Morgan fingerprint density at radius 1 is 0.850 bits per heavy atom. The first-order valence-corrected chi connectivity index (χ1v) is 14.9. The molecule has 3 aromatic rings. The smallest absolute Gasteiger partial charge is 0.264 e. The van der Waals surface area contributed by atoms with Gasteiger partial charge in [-0.25, -0.2) is 8.42 Å². The molecule has 0 bridgehead atoms. The molecule has 0 saturated heterocycles. The van der Waals surface area contributed by atoms with Crippen molar-refractivity contribution in [3.8, 4) is 0 Å². The van der Waals surface area contributed by atoms with Crippen molar-refractivity contribution in [3.05, 3.63) is 94.5 Å². The second kappa shape index (κ2) is 12.3. The minimum atomic E-state index is -4.10. The molecule has 0 aliphatic heterocycles. The number of amides is 2. The predicted molar refractivity (Wildman–Crippen MR) is 161 cm³/mol. The number of nitrogens with one attached hydrogen (secondary N) is 1. The van der Waals surface area contributed by atoms with Gasteiger partial charge < -0.3 is 10.2 Å². The van der Waals surface area contributed by atoms with Crippen LogP contribution in [-0.4, -0.2) is 43.3 Å². The number of aryl methyl sites for hydroxylation is 4. The quantitative estimate of drug-likeness (QED) is 0.375. The number of hydrogen-bond donors (Lipinski definition) is 1. The summed E-state index contributed by atoms with van der Waals surface area (Å²) in [7, 11) is -4.10. The molecule has 214 valence electrons. The molecule has 0 radical (unpaired) electrons. The topological polar surface area (TPSA) is 86.8 Å². The molecule has 2 amide bonds. The third-order valence-corrected chi connectivity index (χ3v) is 8.44. The van der Waals surface area contributed by atoms with Crippen molar-refractivity contribution in [2.45, 2.75) is 78.4 Å². The van der Waals surface area contributed by atoms with Gasteiger partial charge in [-0.15, -0.1) is 0 Å². The van der Waals surface area contributed by atoms with E-state index in [1.807, 2.05) is 78.8 Å². The monoisotopic (exact) mass is 563 g/mol. The molecule has 1 atom stereocenters. The van der Waals surface area contributed by atoms with E-state index in [1.165, 1.54) is 4.90 Å². The summed E-state index contributed by atoms with van der Waals surface area (Å²) in [5, 5.41) is 2.95. The number of benzene rings is 3. The second-order valence-corrected chi connectivity index (χ2v) is 13.4. The van der Waals surface area contributed by atoms with Crippen molar-refractivity contribution in [3.63, 3.8) is 0 Å². The van der Waals surface area contributed by atoms with Gasteiger partial charge in [0.15, 0.2) is 0 Å². The Morgan fingerprint density at radius 3 is 1.98 bits per heavy atom. The molecule has 1 N–H and O–H groups in total. The van der Waals surface area contributed by atoms with Crippen LogP contribution in [0.2, 0.25) is 0 Å². The number of carbonyl (C=O) groups excluding carboxylic acids is 2. The van der Waals surface area contributed by atoms with E-state index in [0.717, 1.165) is 32.1 Å². The summed E-state index contributed by atoms with van der Waals surface area (Å²) in [5.41, 5.74) is 4.43. The van der Waals surface area contributed by atoms with Crippen LogP contribution in [0.15, 0.2) is 71.6 Å². The summed E-state index contributed by atoms with van der Waals surface area (Å²) in [6.07, 6.45) is 0. The molecule has 0 aliphatic rings. The normalized spacial score (nSPS) is 12.5. The van der Waals surface area contributed by atoms with Crippen LogP contribution in [0.5, 0.6) is 0 Å². The third-order valence-electron chi connectivity index (χ3n) is 6.65. The molecule has 0 fully saturated rings. The molecule has 0 aromatic heterocycles. The van der Waals surface area contributed by atoms with Gasteiger partial charge in [-0.1, -0.05) is 48.0 Å². The van der Waals surface area contributed by atoms with Crippen LogP contribution in [0.25, 0.3) is 0 Å². The molecular formula is C32H41N3O4S. The fraction of sp³-hybridized carbons (Fsp3) is 0.375. The molecule has 8 heteroatoms. The highest BCUT2D eigenvalue weighted by Crippen LogP contribution is 2.27. The fourth-order valence-corrected chi connectivity index (χ4v) is 5.89. The largest absolute Gasteiger partial charge is 0.350 e. The van der Waals surface area contributed by atoms with Crippen LogP contribution < -0.4 is 9.62 Å². The van der Waals surface area contributed by atoms with Gasteiger partial charge in [0.2, 0.25) is 11.8 Å². The zero-order valence-corrected chi connectivity index (χ0v) is 25.6. The standard InChI is InChI=1S/C32H41N3O4S/c1-22-13-15-29(16-14-22)40(38,39)35(28-18-23(2)17-24(3)19-28)21-30(36)34(20-27-12-10-9-11-25(27)4)26(5)31(37)33-32(6,7)8/h9-19,26H,20-21H2,1-8H3,(H,33,37)/t26-/m0/s1.